The van der Waals surface area contributed by atoms with E-state index in [1.165, 1.54) is 18.3 Å². The van der Waals surface area contributed by atoms with E-state index in [9.17, 15) is 9.59 Å². The Morgan fingerprint density at radius 1 is 1.60 bits per heavy atom. The lowest BCUT2D eigenvalue weighted by Gasteiger charge is -2.24. The number of nitrogens with one attached hydrogen (secondary N) is 1. The number of thiophene rings is 1. The van der Waals surface area contributed by atoms with Crippen molar-refractivity contribution in [2.24, 2.45) is 0 Å². The minimum atomic E-state index is -1.19. The van der Waals surface area contributed by atoms with Crippen LogP contribution in [0, 0.1) is 0 Å². The van der Waals surface area contributed by atoms with Crippen LogP contribution in [0.3, 0.4) is 0 Å². The van der Waals surface area contributed by atoms with E-state index >= 15 is 0 Å². The number of hydrogen-bond donors (Lipinski definition) is 2. The van der Waals surface area contributed by atoms with Gasteiger partial charge in [-0.15, -0.1) is 11.3 Å². The third-order valence-corrected chi connectivity index (χ3v) is 3.18. The Bertz CT molecular complexity index is 361. The molecule has 0 fully saturated rings. The van der Waals surface area contributed by atoms with Crippen molar-refractivity contribution in [3.63, 3.8) is 0 Å². The molecular weight excluding hydrogens is 214 g/mol. The molecule has 1 amide bonds. The summed E-state index contributed by atoms with van der Waals surface area (Å²) >= 11 is 1.29. The van der Waals surface area contributed by atoms with Gasteiger partial charge in [0.05, 0.1) is 4.88 Å². The molecular formula is C10H13NO3S. The van der Waals surface area contributed by atoms with Gasteiger partial charge in [-0.1, -0.05) is 13.0 Å². The van der Waals surface area contributed by atoms with E-state index in [2.05, 4.69) is 5.32 Å². The van der Waals surface area contributed by atoms with Crippen LogP contribution in [0.2, 0.25) is 0 Å². The van der Waals surface area contributed by atoms with Gasteiger partial charge in [-0.2, -0.15) is 0 Å². The largest absolute Gasteiger partial charge is 0.480 e. The first-order chi connectivity index (χ1) is 6.99. The average molecular weight is 227 g/mol. The maximum atomic E-state index is 11.6. The normalized spacial score (nSPS) is 14.3. The summed E-state index contributed by atoms with van der Waals surface area (Å²) in [5.74, 6) is -1.35. The molecule has 0 aromatic carbocycles. The molecule has 15 heavy (non-hydrogen) atoms. The van der Waals surface area contributed by atoms with Crippen molar-refractivity contribution in [1.82, 2.24) is 5.32 Å². The standard InChI is InChI=1S/C10H13NO3S/c1-3-10(2,9(13)14)11-8(12)7-5-4-6-15-7/h4-6H,3H2,1-2H3,(H,11,12)(H,13,14). The summed E-state index contributed by atoms with van der Waals surface area (Å²) in [5.41, 5.74) is -1.19. The molecule has 1 atom stereocenters. The lowest BCUT2D eigenvalue weighted by Crippen LogP contribution is -2.51. The van der Waals surface area contributed by atoms with Crippen molar-refractivity contribution < 1.29 is 14.7 Å². The first-order valence-electron chi connectivity index (χ1n) is 4.59. The van der Waals surface area contributed by atoms with Crippen LogP contribution in [0.15, 0.2) is 17.5 Å². The molecule has 0 saturated heterocycles. The van der Waals surface area contributed by atoms with Crippen LogP contribution in [0.5, 0.6) is 0 Å². The molecule has 1 aromatic heterocycles. The van der Waals surface area contributed by atoms with Gasteiger partial charge in [-0.3, -0.25) is 4.79 Å². The van der Waals surface area contributed by atoms with Crippen LogP contribution in [-0.4, -0.2) is 22.5 Å². The Morgan fingerprint density at radius 2 is 2.27 bits per heavy atom. The van der Waals surface area contributed by atoms with Crippen LogP contribution in [0.1, 0.15) is 29.9 Å². The van der Waals surface area contributed by atoms with E-state index in [-0.39, 0.29) is 5.91 Å². The number of carboxylic acids is 1. The first-order valence-corrected chi connectivity index (χ1v) is 5.47. The molecule has 0 aliphatic rings. The van der Waals surface area contributed by atoms with Gasteiger partial charge in [-0.25, -0.2) is 4.79 Å². The highest BCUT2D eigenvalue weighted by Gasteiger charge is 2.33. The van der Waals surface area contributed by atoms with Gasteiger partial charge in [0.2, 0.25) is 0 Å². The van der Waals surface area contributed by atoms with E-state index in [1.807, 2.05) is 0 Å². The van der Waals surface area contributed by atoms with Gasteiger partial charge in [-0.05, 0) is 24.8 Å². The van der Waals surface area contributed by atoms with Crippen molar-refractivity contribution in [2.45, 2.75) is 25.8 Å². The second kappa shape index (κ2) is 4.44. The van der Waals surface area contributed by atoms with Gasteiger partial charge in [0.1, 0.15) is 5.54 Å². The SMILES string of the molecule is CCC(C)(NC(=O)c1cccs1)C(=O)O. The Kier molecular flexibility index (Phi) is 3.47. The van der Waals surface area contributed by atoms with E-state index in [1.54, 1.807) is 24.4 Å². The van der Waals surface area contributed by atoms with Gasteiger partial charge >= 0.3 is 5.97 Å². The summed E-state index contributed by atoms with van der Waals surface area (Å²) < 4.78 is 0. The van der Waals surface area contributed by atoms with Crippen molar-refractivity contribution in [1.29, 1.82) is 0 Å². The zero-order valence-corrected chi connectivity index (χ0v) is 9.43. The molecule has 1 rings (SSSR count). The molecule has 0 bridgehead atoms. The number of hydrogen-bond acceptors (Lipinski definition) is 3. The summed E-state index contributed by atoms with van der Waals surface area (Å²) in [6, 6.07) is 3.42. The summed E-state index contributed by atoms with van der Waals surface area (Å²) in [7, 11) is 0. The fraction of sp³-hybridized carbons (Fsp3) is 0.400. The molecule has 0 saturated carbocycles. The number of carbonyl (C=O) groups is 2. The van der Waals surface area contributed by atoms with Crippen LogP contribution < -0.4 is 5.32 Å². The van der Waals surface area contributed by atoms with Gasteiger partial charge < -0.3 is 10.4 Å². The maximum absolute atomic E-state index is 11.6. The lowest BCUT2D eigenvalue weighted by molar-refractivity contribution is -0.143. The molecule has 0 aliphatic carbocycles. The van der Waals surface area contributed by atoms with E-state index in [0.29, 0.717) is 11.3 Å². The highest BCUT2D eigenvalue weighted by Crippen LogP contribution is 2.13. The molecule has 2 N–H and O–H groups in total. The van der Waals surface area contributed by atoms with E-state index < -0.39 is 11.5 Å². The Balaban J connectivity index is 2.77. The summed E-state index contributed by atoms with van der Waals surface area (Å²) in [5, 5.41) is 13.3. The fourth-order valence-corrected chi connectivity index (χ4v) is 1.63. The van der Waals surface area contributed by atoms with Crippen LogP contribution in [-0.2, 0) is 4.79 Å². The predicted molar refractivity (Wildman–Crippen MR) is 58.1 cm³/mol. The molecule has 0 aliphatic heterocycles. The Morgan fingerprint density at radius 3 is 2.67 bits per heavy atom. The summed E-state index contributed by atoms with van der Waals surface area (Å²) in [6.45, 7) is 3.23. The van der Waals surface area contributed by atoms with Gasteiger partial charge in [0.25, 0.3) is 5.91 Å². The Hall–Kier alpha value is -1.36. The lowest BCUT2D eigenvalue weighted by atomic mass is 9.99. The second-order valence-corrected chi connectivity index (χ2v) is 4.37. The van der Waals surface area contributed by atoms with Crippen LogP contribution in [0.4, 0.5) is 0 Å². The molecule has 4 nitrogen and oxygen atoms in total. The van der Waals surface area contributed by atoms with Crippen molar-refractivity contribution >= 4 is 23.2 Å². The molecule has 0 spiro atoms. The third kappa shape index (κ3) is 2.56. The summed E-state index contributed by atoms with van der Waals surface area (Å²) in [4.78, 5) is 23.1. The molecule has 5 heteroatoms. The first kappa shape index (κ1) is 11.7. The van der Waals surface area contributed by atoms with Crippen molar-refractivity contribution in [2.75, 3.05) is 0 Å². The minimum Gasteiger partial charge on any atom is -0.480 e. The van der Waals surface area contributed by atoms with Gasteiger partial charge in [0, 0.05) is 0 Å². The Labute approximate surface area is 91.9 Å². The topological polar surface area (TPSA) is 66.4 Å². The minimum absolute atomic E-state index is 0.336. The third-order valence-electron chi connectivity index (χ3n) is 2.31. The van der Waals surface area contributed by atoms with E-state index in [4.69, 9.17) is 5.11 Å². The number of aliphatic carboxylic acids is 1. The highest BCUT2D eigenvalue weighted by molar-refractivity contribution is 7.12. The number of rotatable bonds is 4. The molecule has 1 aromatic rings. The smallest absolute Gasteiger partial charge is 0.329 e. The molecule has 1 heterocycles. The molecule has 1 unspecified atom stereocenters. The fourth-order valence-electron chi connectivity index (χ4n) is 1.01. The monoisotopic (exact) mass is 227 g/mol. The average Bonchev–Trinajstić information content (AvgIpc) is 2.70. The quantitative estimate of drug-likeness (QED) is 0.823. The maximum Gasteiger partial charge on any atom is 0.329 e. The van der Waals surface area contributed by atoms with Crippen LogP contribution >= 0.6 is 11.3 Å². The van der Waals surface area contributed by atoms with Crippen LogP contribution in [0.25, 0.3) is 0 Å². The molecule has 82 valence electrons. The summed E-state index contributed by atoms with van der Waals surface area (Å²) in [6.07, 6.45) is 0.347. The predicted octanol–water partition coefficient (Wildman–Crippen LogP) is 1.73. The zero-order chi connectivity index (χ0) is 11.5. The van der Waals surface area contributed by atoms with Crippen molar-refractivity contribution in [3.05, 3.63) is 22.4 Å². The highest BCUT2D eigenvalue weighted by atomic mass is 32.1. The molecule has 0 radical (unpaired) electrons. The number of amides is 1. The zero-order valence-electron chi connectivity index (χ0n) is 8.61. The van der Waals surface area contributed by atoms with Gasteiger partial charge in [0.15, 0.2) is 0 Å². The van der Waals surface area contributed by atoms with E-state index in [0.717, 1.165) is 0 Å². The second-order valence-electron chi connectivity index (χ2n) is 3.42. The number of carbonyl (C=O) groups excluding carboxylic acids is 1. The van der Waals surface area contributed by atoms with Crippen molar-refractivity contribution in [3.8, 4) is 0 Å². The number of carboxylic acid groups (broad SMARTS) is 1.